The van der Waals surface area contributed by atoms with Gasteiger partial charge in [0.15, 0.2) is 5.13 Å². The van der Waals surface area contributed by atoms with E-state index in [4.69, 9.17) is 0 Å². The third-order valence-corrected chi connectivity index (χ3v) is 7.31. The number of anilines is 2. The summed E-state index contributed by atoms with van der Waals surface area (Å²) in [6.45, 7) is 9.31. The minimum Gasteiger partial charge on any atom is -0.321 e. The van der Waals surface area contributed by atoms with E-state index in [0.29, 0.717) is 21.8 Å². The maximum atomic E-state index is 12.7. The third-order valence-electron chi connectivity index (χ3n) is 4.61. The Kier molecular flexibility index (Phi) is 5.77. The lowest BCUT2D eigenvalue weighted by molar-refractivity contribution is 0.103. The van der Waals surface area contributed by atoms with Crippen LogP contribution in [0.15, 0.2) is 41.3 Å². The number of sulfonamides is 1. The summed E-state index contributed by atoms with van der Waals surface area (Å²) in [7, 11) is -3.79. The fraction of sp³-hybridized carbons (Fsp3) is 0.238. The van der Waals surface area contributed by atoms with E-state index in [1.54, 1.807) is 26.0 Å². The zero-order chi connectivity index (χ0) is 21.3. The van der Waals surface area contributed by atoms with Gasteiger partial charge < -0.3 is 5.32 Å². The van der Waals surface area contributed by atoms with E-state index in [0.717, 1.165) is 28.0 Å². The van der Waals surface area contributed by atoms with E-state index < -0.39 is 10.0 Å². The van der Waals surface area contributed by atoms with Crippen molar-refractivity contribution in [2.75, 3.05) is 10.0 Å². The van der Waals surface area contributed by atoms with Gasteiger partial charge in [0, 0.05) is 5.69 Å². The van der Waals surface area contributed by atoms with Crippen LogP contribution in [0.5, 0.6) is 0 Å². The standard InChI is InChI=1S/C21H23N3O3S2/c1-12-6-9-18(15(4)10-12)29(26,27)24-21-22-16(5)19(28-21)20(25)23-17-8-7-13(2)14(3)11-17/h6-11H,1-5H3,(H,22,24)(H,23,25). The van der Waals surface area contributed by atoms with Gasteiger partial charge in [0.2, 0.25) is 0 Å². The highest BCUT2D eigenvalue weighted by molar-refractivity contribution is 7.93. The molecular formula is C21H23N3O3S2. The smallest absolute Gasteiger partial charge is 0.267 e. The largest absolute Gasteiger partial charge is 0.321 e. The molecule has 3 rings (SSSR count). The molecule has 8 heteroatoms. The molecule has 3 aromatic rings. The number of thiazole rings is 1. The topological polar surface area (TPSA) is 88.2 Å². The number of carbonyl (C=O) groups is 1. The van der Waals surface area contributed by atoms with Crippen LogP contribution in [0.3, 0.4) is 0 Å². The number of hydrogen-bond acceptors (Lipinski definition) is 5. The average molecular weight is 430 g/mol. The first kappa shape index (κ1) is 21.0. The molecule has 0 bridgehead atoms. The molecule has 0 fully saturated rings. The van der Waals surface area contributed by atoms with Gasteiger partial charge in [0.25, 0.3) is 15.9 Å². The molecule has 1 aromatic heterocycles. The predicted molar refractivity (Wildman–Crippen MR) is 117 cm³/mol. The van der Waals surface area contributed by atoms with Crippen molar-refractivity contribution >= 4 is 38.1 Å². The van der Waals surface area contributed by atoms with E-state index in [2.05, 4.69) is 15.0 Å². The highest BCUT2D eigenvalue weighted by Crippen LogP contribution is 2.27. The number of nitrogens with zero attached hydrogens (tertiary/aromatic N) is 1. The van der Waals surface area contributed by atoms with Crippen LogP contribution in [0.1, 0.15) is 37.6 Å². The molecule has 0 saturated heterocycles. The highest BCUT2D eigenvalue weighted by atomic mass is 32.2. The molecule has 0 radical (unpaired) electrons. The van der Waals surface area contributed by atoms with E-state index in [1.807, 2.05) is 45.0 Å². The van der Waals surface area contributed by atoms with Gasteiger partial charge in [-0.2, -0.15) is 0 Å². The van der Waals surface area contributed by atoms with Gasteiger partial charge in [-0.3, -0.25) is 9.52 Å². The second-order valence-corrected chi connectivity index (χ2v) is 9.71. The normalized spacial score (nSPS) is 11.3. The second-order valence-electron chi connectivity index (χ2n) is 7.06. The molecule has 1 amide bonds. The van der Waals surface area contributed by atoms with Crippen molar-refractivity contribution in [2.45, 2.75) is 39.5 Å². The van der Waals surface area contributed by atoms with E-state index in [-0.39, 0.29) is 15.9 Å². The van der Waals surface area contributed by atoms with Crippen molar-refractivity contribution in [3.05, 3.63) is 69.2 Å². The minimum absolute atomic E-state index is 0.160. The van der Waals surface area contributed by atoms with Crippen LogP contribution in [-0.4, -0.2) is 19.3 Å². The molecule has 29 heavy (non-hydrogen) atoms. The Balaban J connectivity index is 1.82. The molecule has 1 heterocycles. The summed E-state index contributed by atoms with van der Waals surface area (Å²) in [5.74, 6) is -0.319. The summed E-state index contributed by atoms with van der Waals surface area (Å²) >= 11 is 1.01. The summed E-state index contributed by atoms with van der Waals surface area (Å²) in [5, 5.41) is 3.00. The van der Waals surface area contributed by atoms with Crippen LogP contribution in [0.2, 0.25) is 0 Å². The van der Waals surface area contributed by atoms with E-state index in [9.17, 15) is 13.2 Å². The molecule has 2 aromatic carbocycles. The van der Waals surface area contributed by atoms with Gasteiger partial charge >= 0.3 is 0 Å². The Bertz CT molecular complexity index is 1200. The molecular weight excluding hydrogens is 406 g/mol. The quantitative estimate of drug-likeness (QED) is 0.613. The van der Waals surface area contributed by atoms with Crippen LogP contribution in [0.4, 0.5) is 10.8 Å². The molecule has 0 saturated carbocycles. The lowest BCUT2D eigenvalue weighted by Gasteiger charge is -2.08. The fourth-order valence-corrected chi connectivity index (χ4v) is 5.25. The van der Waals surface area contributed by atoms with Crippen LogP contribution in [0, 0.1) is 34.6 Å². The SMILES string of the molecule is Cc1ccc(S(=O)(=O)Nc2nc(C)c(C(=O)Nc3ccc(C)c(C)c3)s2)c(C)c1. The highest BCUT2D eigenvalue weighted by Gasteiger charge is 2.22. The molecule has 0 atom stereocenters. The van der Waals surface area contributed by atoms with E-state index >= 15 is 0 Å². The van der Waals surface area contributed by atoms with Gasteiger partial charge in [0.1, 0.15) is 4.88 Å². The Morgan fingerprint density at radius 3 is 2.31 bits per heavy atom. The zero-order valence-corrected chi connectivity index (χ0v) is 18.6. The molecule has 152 valence electrons. The second kappa shape index (κ2) is 7.96. The lowest BCUT2D eigenvalue weighted by Crippen LogP contribution is -2.14. The molecule has 2 N–H and O–H groups in total. The summed E-state index contributed by atoms with van der Waals surface area (Å²) in [6, 6.07) is 10.8. The molecule has 0 aliphatic rings. The Hall–Kier alpha value is -2.71. The summed E-state index contributed by atoms with van der Waals surface area (Å²) in [4.78, 5) is 17.4. The molecule has 0 spiro atoms. The van der Waals surface area contributed by atoms with Gasteiger partial charge in [-0.15, -0.1) is 0 Å². The van der Waals surface area contributed by atoms with Crippen LogP contribution >= 0.6 is 11.3 Å². The van der Waals surface area contributed by atoms with Crippen LogP contribution in [0.25, 0.3) is 0 Å². The number of aryl methyl sites for hydroxylation is 5. The third kappa shape index (κ3) is 4.65. The van der Waals surface area contributed by atoms with Crippen LogP contribution < -0.4 is 10.0 Å². The Morgan fingerprint density at radius 2 is 1.66 bits per heavy atom. The van der Waals surface area contributed by atoms with Gasteiger partial charge in [-0.05, 0) is 69.5 Å². The van der Waals surface area contributed by atoms with Crippen molar-refractivity contribution in [3.63, 3.8) is 0 Å². The average Bonchev–Trinajstić information content (AvgIpc) is 2.97. The number of aromatic nitrogens is 1. The maximum absolute atomic E-state index is 12.7. The lowest BCUT2D eigenvalue weighted by atomic mass is 10.1. The summed E-state index contributed by atoms with van der Waals surface area (Å²) in [6.07, 6.45) is 0. The first-order chi connectivity index (χ1) is 13.6. The predicted octanol–water partition coefficient (Wildman–Crippen LogP) is 4.74. The maximum Gasteiger partial charge on any atom is 0.267 e. The molecule has 0 aliphatic heterocycles. The Morgan fingerprint density at radius 1 is 0.931 bits per heavy atom. The molecule has 0 aliphatic carbocycles. The van der Waals surface area contributed by atoms with Crippen molar-refractivity contribution in [2.24, 2.45) is 0 Å². The van der Waals surface area contributed by atoms with Crippen molar-refractivity contribution in [1.29, 1.82) is 0 Å². The monoisotopic (exact) mass is 429 g/mol. The number of benzene rings is 2. The first-order valence-corrected chi connectivity index (χ1v) is 11.3. The van der Waals surface area contributed by atoms with Gasteiger partial charge in [0.05, 0.1) is 10.6 Å². The first-order valence-electron chi connectivity index (χ1n) is 9.03. The Labute approximate surface area is 175 Å². The van der Waals surface area contributed by atoms with Gasteiger partial charge in [-0.1, -0.05) is 35.1 Å². The van der Waals surface area contributed by atoms with Crippen molar-refractivity contribution in [1.82, 2.24) is 4.98 Å². The minimum atomic E-state index is -3.79. The number of rotatable bonds is 5. The summed E-state index contributed by atoms with van der Waals surface area (Å²) < 4.78 is 28.0. The van der Waals surface area contributed by atoms with E-state index in [1.165, 1.54) is 0 Å². The number of carbonyl (C=O) groups excluding carboxylic acids is 1. The van der Waals surface area contributed by atoms with Crippen molar-refractivity contribution < 1.29 is 13.2 Å². The molecule has 6 nitrogen and oxygen atoms in total. The fourth-order valence-electron chi connectivity index (χ4n) is 2.93. The number of nitrogens with one attached hydrogen (secondary N) is 2. The van der Waals surface area contributed by atoms with Crippen LogP contribution in [-0.2, 0) is 10.0 Å². The zero-order valence-electron chi connectivity index (χ0n) is 17.0. The van der Waals surface area contributed by atoms with Gasteiger partial charge in [-0.25, -0.2) is 13.4 Å². The number of hydrogen-bond donors (Lipinski definition) is 2. The molecule has 0 unspecified atom stereocenters. The summed E-state index contributed by atoms with van der Waals surface area (Å²) in [5.41, 5.74) is 5.00. The van der Waals surface area contributed by atoms with Crippen molar-refractivity contribution in [3.8, 4) is 0 Å². The number of amides is 1.